The standard InChI is InChI=1S/C46H29NO2/c1-2-12-31-27-33(24-23-30(31)11-1)32-13-9-14-35(28-32)47(41-19-10-22-45-46(41)38-17-5-8-21-43(38)49-45)40-18-6-3-15-36(40)34-25-26-44-39(29-34)37-16-4-7-20-42(37)48-44/h1-29H. The molecule has 2 heterocycles. The van der Waals surface area contributed by atoms with Crippen LogP contribution in [0.4, 0.5) is 17.1 Å². The second kappa shape index (κ2) is 11.0. The number of hydrogen-bond donors (Lipinski definition) is 0. The summed E-state index contributed by atoms with van der Waals surface area (Å²) in [6.45, 7) is 0. The van der Waals surface area contributed by atoms with Crippen molar-refractivity contribution in [3.05, 3.63) is 176 Å². The molecule has 0 unspecified atom stereocenters. The summed E-state index contributed by atoms with van der Waals surface area (Å²) < 4.78 is 12.6. The molecule has 3 heteroatoms. The van der Waals surface area contributed by atoms with Gasteiger partial charge in [0.05, 0.1) is 16.8 Å². The normalized spacial score (nSPS) is 11.7. The minimum absolute atomic E-state index is 0.859. The fraction of sp³-hybridized carbons (Fsp3) is 0. The van der Waals surface area contributed by atoms with E-state index >= 15 is 0 Å². The monoisotopic (exact) mass is 627 g/mol. The molecule has 0 fully saturated rings. The fourth-order valence-electron chi connectivity index (χ4n) is 7.35. The van der Waals surface area contributed by atoms with Crippen LogP contribution in [-0.2, 0) is 0 Å². The molecule has 3 nitrogen and oxygen atoms in total. The van der Waals surface area contributed by atoms with Crippen LogP contribution < -0.4 is 4.90 Å². The van der Waals surface area contributed by atoms with Crippen molar-refractivity contribution in [1.29, 1.82) is 0 Å². The van der Waals surface area contributed by atoms with Crippen LogP contribution in [-0.4, -0.2) is 0 Å². The zero-order chi connectivity index (χ0) is 32.3. The van der Waals surface area contributed by atoms with Gasteiger partial charge >= 0.3 is 0 Å². The third-order valence-electron chi connectivity index (χ3n) is 9.64. The Morgan fingerprint density at radius 3 is 1.90 bits per heavy atom. The number of hydrogen-bond acceptors (Lipinski definition) is 3. The third-order valence-corrected chi connectivity index (χ3v) is 9.64. The average molecular weight is 628 g/mol. The van der Waals surface area contributed by atoms with E-state index in [1.54, 1.807) is 0 Å². The van der Waals surface area contributed by atoms with E-state index in [2.05, 4.69) is 157 Å². The Hall–Kier alpha value is -6.58. The summed E-state index contributed by atoms with van der Waals surface area (Å²) in [4.78, 5) is 2.39. The summed E-state index contributed by atoms with van der Waals surface area (Å²) in [5.41, 5.74) is 11.3. The number of para-hydroxylation sites is 3. The summed E-state index contributed by atoms with van der Waals surface area (Å²) in [6.07, 6.45) is 0. The molecule has 10 rings (SSSR count). The molecule has 230 valence electrons. The smallest absolute Gasteiger partial charge is 0.137 e. The van der Waals surface area contributed by atoms with Gasteiger partial charge in [-0.1, -0.05) is 115 Å². The lowest BCUT2D eigenvalue weighted by molar-refractivity contribution is 0.668. The molecular formula is C46H29NO2. The van der Waals surface area contributed by atoms with Crippen molar-refractivity contribution in [3.63, 3.8) is 0 Å². The molecule has 0 N–H and O–H groups in total. The molecular weight excluding hydrogens is 599 g/mol. The second-order valence-corrected chi connectivity index (χ2v) is 12.5. The topological polar surface area (TPSA) is 29.5 Å². The van der Waals surface area contributed by atoms with Crippen molar-refractivity contribution < 1.29 is 8.83 Å². The van der Waals surface area contributed by atoms with Crippen LogP contribution in [0.1, 0.15) is 0 Å². The zero-order valence-corrected chi connectivity index (χ0v) is 26.5. The fourth-order valence-corrected chi connectivity index (χ4v) is 7.35. The van der Waals surface area contributed by atoms with Crippen LogP contribution in [0.25, 0.3) is 76.9 Å². The summed E-state index contributed by atoms with van der Waals surface area (Å²) >= 11 is 0. The first-order valence-corrected chi connectivity index (χ1v) is 16.6. The van der Waals surface area contributed by atoms with Gasteiger partial charge in [0.15, 0.2) is 0 Å². The maximum atomic E-state index is 6.41. The molecule has 49 heavy (non-hydrogen) atoms. The predicted octanol–water partition coefficient (Wildman–Crippen LogP) is 13.4. The van der Waals surface area contributed by atoms with E-state index in [-0.39, 0.29) is 0 Å². The average Bonchev–Trinajstić information content (AvgIpc) is 3.74. The second-order valence-electron chi connectivity index (χ2n) is 12.5. The summed E-state index contributed by atoms with van der Waals surface area (Å²) in [7, 11) is 0. The highest BCUT2D eigenvalue weighted by atomic mass is 16.3. The molecule has 2 aromatic heterocycles. The van der Waals surface area contributed by atoms with Gasteiger partial charge in [-0.15, -0.1) is 0 Å². The third kappa shape index (κ3) is 4.51. The molecule has 0 spiro atoms. The van der Waals surface area contributed by atoms with Gasteiger partial charge in [-0.2, -0.15) is 0 Å². The van der Waals surface area contributed by atoms with Gasteiger partial charge in [-0.3, -0.25) is 0 Å². The predicted molar refractivity (Wildman–Crippen MR) is 204 cm³/mol. The van der Waals surface area contributed by atoms with Crippen molar-refractivity contribution in [1.82, 2.24) is 0 Å². The quantitative estimate of drug-likeness (QED) is 0.190. The van der Waals surface area contributed by atoms with Gasteiger partial charge in [-0.25, -0.2) is 0 Å². The first kappa shape index (κ1) is 27.5. The highest BCUT2D eigenvalue weighted by Crippen LogP contribution is 2.47. The largest absolute Gasteiger partial charge is 0.456 e. The number of furan rings is 2. The van der Waals surface area contributed by atoms with E-state index < -0.39 is 0 Å². The highest BCUT2D eigenvalue weighted by molar-refractivity contribution is 6.14. The van der Waals surface area contributed by atoms with Crippen molar-refractivity contribution in [2.45, 2.75) is 0 Å². The van der Waals surface area contributed by atoms with Crippen molar-refractivity contribution in [3.8, 4) is 22.3 Å². The minimum Gasteiger partial charge on any atom is -0.456 e. The molecule has 0 aliphatic rings. The van der Waals surface area contributed by atoms with E-state index in [9.17, 15) is 0 Å². The number of rotatable bonds is 5. The van der Waals surface area contributed by atoms with Crippen molar-refractivity contribution in [2.24, 2.45) is 0 Å². The van der Waals surface area contributed by atoms with Crippen LogP contribution in [0.5, 0.6) is 0 Å². The minimum atomic E-state index is 0.859. The van der Waals surface area contributed by atoms with Gasteiger partial charge < -0.3 is 13.7 Å². The lowest BCUT2D eigenvalue weighted by atomic mass is 9.98. The van der Waals surface area contributed by atoms with Crippen LogP contribution in [0.3, 0.4) is 0 Å². The molecule has 0 saturated carbocycles. The van der Waals surface area contributed by atoms with Gasteiger partial charge in [0.2, 0.25) is 0 Å². The lowest BCUT2D eigenvalue weighted by Gasteiger charge is -2.29. The van der Waals surface area contributed by atoms with E-state index in [0.29, 0.717) is 0 Å². The lowest BCUT2D eigenvalue weighted by Crippen LogP contribution is -2.11. The molecule has 8 aromatic carbocycles. The Morgan fingerprint density at radius 1 is 0.347 bits per heavy atom. The zero-order valence-electron chi connectivity index (χ0n) is 26.5. The number of benzene rings is 8. The van der Waals surface area contributed by atoms with Crippen LogP contribution >= 0.6 is 0 Å². The molecule has 10 aromatic rings. The van der Waals surface area contributed by atoms with Gasteiger partial charge in [0.1, 0.15) is 22.3 Å². The Bertz CT molecular complexity index is 2860. The van der Waals surface area contributed by atoms with Crippen molar-refractivity contribution >= 4 is 71.7 Å². The first-order chi connectivity index (χ1) is 24.3. The number of anilines is 3. The molecule has 0 aliphatic carbocycles. The van der Waals surface area contributed by atoms with Crippen LogP contribution in [0.15, 0.2) is 185 Å². The van der Waals surface area contributed by atoms with Gasteiger partial charge in [0.25, 0.3) is 0 Å². The van der Waals surface area contributed by atoms with Gasteiger partial charge in [-0.05, 0) is 88.1 Å². The molecule has 0 amide bonds. The summed E-state index contributed by atoms with van der Waals surface area (Å²) in [5.74, 6) is 0. The first-order valence-electron chi connectivity index (χ1n) is 16.6. The van der Waals surface area contributed by atoms with Crippen LogP contribution in [0.2, 0.25) is 0 Å². The van der Waals surface area contributed by atoms with Gasteiger partial charge in [0, 0.05) is 27.4 Å². The van der Waals surface area contributed by atoms with Crippen molar-refractivity contribution in [2.75, 3.05) is 4.90 Å². The Labute approximate surface area is 282 Å². The van der Waals surface area contributed by atoms with E-state index in [4.69, 9.17) is 8.83 Å². The van der Waals surface area contributed by atoms with Crippen LogP contribution in [0, 0.1) is 0 Å². The van der Waals surface area contributed by atoms with E-state index in [0.717, 1.165) is 77.6 Å². The SMILES string of the molecule is c1cc(-c2ccc3ccccc3c2)cc(N(c2ccccc2-c2ccc3oc4ccccc4c3c2)c2cccc3oc4ccccc4c23)c1. The maximum absolute atomic E-state index is 6.41. The maximum Gasteiger partial charge on any atom is 0.137 e. The molecule has 0 bridgehead atoms. The molecule has 0 saturated heterocycles. The Kier molecular flexibility index (Phi) is 6.18. The Morgan fingerprint density at radius 2 is 0.980 bits per heavy atom. The van der Waals surface area contributed by atoms with E-state index in [1.165, 1.54) is 16.3 Å². The molecule has 0 atom stereocenters. The summed E-state index contributed by atoms with van der Waals surface area (Å²) in [6, 6.07) is 62.2. The summed E-state index contributed by atoms with van der Waals surface area (Å²) in [5, 5.41) is 6.86. The number of fused-ring (bicyclic) bond motifs is 7. The Balaban J connectivity index is 1.22. The molecule has 0 aliphatic heterocycles. The highest BCUT2D eigenvalue weighted by Gasteiger charge is 2.22. The van der Waals surface area contributed by atoms with E-state index in [1.807, 2.05) is 24.3 Å². The number of nitrogens with zero attached hydrogens (tertiary/aromatic N) is 1. The molecule has 0 radical (unpaired) electrons.